The summed E-state index contributed by atoms with van der Waals surface area (Å²) in [5, 5.41) is 0. The van der Waals surface area contributed by atoms with E-state index >= 15 is 0 Å². The molecule has 0 amide bonds. The van der Waals surface area contributed by atoms with Gasteiger partial charge in [0.2, 0.25) is 0 Å². The molecule has 0 fully saturated rings. The molecule has 3 heteroatoms. The first-order valence-corrected chi connectivity index (χ1v) is 4.73. The lowest BCUT2D eigenvalue weighted by molar-refractivity contribution is 0.198. The molecule has 0 unspecified atom stereocenters. The van der Waals surface area contributed by atoms with Gasteiger partial charge in [0.1, 0.15) is 5.76 Å². The number of rotatable bonds is 1. The quantitative estimate of drug-likeness (QED) is 0.588. The number of carbonyl (C=O) groups excluding carboxylic acids is 1. The Bertz CT molecular complexity index is 187. The first-order chi connectivity index (χ1) is 5.79. The highest BCUT2D eigenvalue weighted by molar-refractivity contribution is 6.61. The minimum Gasteiger partial charge on any atom is -0.419 e. The smallest absolute Gasteiger partial charge is 0.408 e. The number of halogens is 1. The van der Waals surface area contributed by atoms with Crippen molar-refractivity contribution in [2.75, 3.05) is 0 Å². The predicted molar refractivity (Wildman–Crippen MR) is 48.1 cm³/mol. The molecule has 1 rings (SSSR count). The van der Waals surface area contributed by atoms with E-state index in [1.54, 1.807) is 0 Å². The van der Waals surface area contributed by atoms with Gasteiger partial charge in [-0.15, -0.1) is 0 Å². The van der Waals surface area contributed by atoms with E-state index in [9.17, 15) is 4.79 Å². The Morgan fingerprint density at radius 3 is 2.83 bits per heavy atom. The molecule has 0 N–H and O–H groups in total. The van der Waals surface area contributed by atoms with Crippen molar-refractivity contribution in [3.8, 4) is 0 Å². The summed E-state index contributed by atoms with van der Waals surface area (Å²) in [6.07, 6.45) is 8.59. The highest BCUT2D eigenvalue weighted by Crippen LogP contribution is 2.18. The third-order valence-corrected chi connectivity index (χ3v) is 2.04. The molecule has 0 spiro atoms. The van der Waals surface area contributed by atoms with Crippen molar-refractivity contribution in [2.24, 2.45) is 0 Å². The van der Waals surface area contributed by atoms with Crippen LogP contribution >= 0.6 is 11.6 Å². The molecule has 1 aliphatic carbocycles. The summed E-state index contributed by atoms with van der Waals surface area (Å²) in [6, 6.07) is 0. The molecule has 0 atom stereocenters. The molecule has 0 radical (unpaired) electrons. The van der Waals surface area contributed by atoms with Gasteiger partial charge in [0, 0.05) is 18.0 Å². The van der Waals surface area contributed by atoms with Gasteiger partial charge in [-0.2, -0.15) is 0 Å². The van der Waals surface area contributed by atoms with Crippen molar-refractivity contribution in [3.63, 3.8) is 0 Å². The Morgan fingerprint density at radius 1 is 1.33 bits per heavy atom. The van der Waals surface area contributed by atoms with Gasteiger partial charge in [0.15, 0.2) is 0 Å². The molecule has 12 heavy (non-hydrogen) atoms. The summed E-state index contributed by atoms with van der Waals surface area (Å²) >= 11 is 5.10. The third kappa shape index (κ3) is 3.77. The molecular weight excluding hydrogens is 176 g/mol. The van der Waals surface area contributed by atoms with E-state index in [0.717, 1.165) is 25.0 Å². The van der Waals surface area contributed by atoms with Gasteiger partial charge in [0.25, 0.3) is 0 Å². The second-order valence-corrected chi connectivity index (χ2v) is 3.27. The predicted octanol–water partition coefficient (Wildman–Crippen LogP) is 3.60. The van der Waals surface area contributed by atoms with Gasteiger partial charge in [0.05, 0.1) is 0 Å². The summed E-state index contributed by atoms with van der Waals surface area (Å²) in [7, 11) is 0. The SMILES string of the molecule is O=C(Cl)O/C1=C\CCCCCC1. The number of ether oxygens (including phenoxy) is 1. The van der Waals surface area contributed by atoms with Crippen molar-refractivity contribution in [3.05, 3.63) is 11.8 Å². The summed E-state index contributed by atoms with van der Waals surface area (Å²) in [4.78, 5) is 10.4. The Balaban J connectivity index is 2.41. The van der Waals surface area contributed by atoms with Gasteiger partial charge in [-0.25, -0.2) is 4.79 Å². The van der Waals surface area contributed by atoms with Crippen LogP contribution in [0.4, 0.5) is 4.79 Å². The normalized spacial score (nSPS) is 23.2. The molecular formula is C9H13ClO2. The van der Waals surface area contributed by atoms with Crippen LogP contribution in [0, 0.1) is 0 Å². The van der Waals surface area contributed by atoms with Crippen molar-refractivity contribution in [2.45, 2.75) is 38.5 Å². The highest BCUT2D eigenvalue weighted by atomic mass is 35.5. The molecule has 0 saturated heterocycles. The van der Waals surface area contributed by atoms with Crippen LogP contribution in [-0.4, -0.2) is 5.43 Å². The highest BCUT2D eigenvalue weighted by Gasteiger charge is 2.05. The molecule has 0 aromatic heterocycles. The maximum Gasteiger partial charge on any atom is 0.408 e. The van der Waals surface area contributed by atoms with Crippen LogP contribution in [0.15, 0.2) is 11.8 Å². The fourth-order valence-electron chi connectivity index (χ4n) is 1.36. The molecule has 0 aliphatic heterocycles. The number of hydrogen-bond acceptors (Lipinski definition) is 2. The largest absolute Gasteiger partial charge is 0.419 e. The van der Waals surface area contributed by atoms with E-state index < -0.39 is 5.43 Å². The third-order valence-electron chi connectivity index (χ3n) is 1.96. The van der Waals surface area contributed by atoms with E-state index in [0.29, 0.717) is 0 Å². The average Bonchev–Trinajstić information content (AvgIpc) is 1.93. The van der Waals surface area contributed by atoms with E-state index in [1.165, 1.54) is 19.3 Å². The van der Waals surface area contributed by atoms with Crippen LogP contribution in [0.1, 0.15) is 38.5 Å². The van der Waals surface area contributed by atoms with E-state index in [4.69, 9.17) is 16.3 Å². The van der Waals surface area contributed by atoms with Crippen LogP contribution in [0.5, 0.6) is 0 Å². The Kier molecular flexibility index (Phi) is 4.15. The lowest BCUT2D eigenvalue weighted by Gasteiger charge is -2.09. The number of hydrogen-bond donors (Lipinski definition) is 0. The lowest BCUT2D eigenvalue weighted by Crippen LogP contribution is -1.97. The zero-order valence-corrected chi connectivity index (χ0v) is 7.77. The fourth-order valence-corrected chi connectivity index (χ4v) is 1.46. The Hall–Kier alpha value is -0.500. The standard InChI is InChI=1S/C9H13ClO2/c10-9(11)12-8-6-4-2-1-3-5-7-8/h6H,1-5,7H2/b8-6-. The van der Waals surface area contributed by atoms with Crippen molar-refractivity contribution >= 4 is 17.0 Å². The monoisotopic (exact) mass is 188 g/mol. The van der Waals surface area contributed by atoms with Crippen LogP contribution in [0.3, 0.4) is 0 Å². The van der Waals surface area contributed by atoms with Gasteiger partial charge in [-0.1, -0.05) is 12.8 Å². The fraction of sp³-hybridized carbons (Fsp3) is 0.667. The first-order valence-electron chi connectivity index (χ1n) is 4.35. The minimum absolute atomic E-state index is 0.721. The molecule has 0 bridgehead atoms. The van der Waals surface area contributed by atoms with Crippen molar-refractivity contribution < 1.29 is 9.53 Å². The lowest BCUT2D eigenvalue weighted by atomic mass is 10.1. The summed E-state index contributed by atoms with van der Waals surface area (Å²) in [5.41, 5.74) is -0.721. The summed E-state index contributed by atoms with van der Waals surface area (Å²) in [6.45, 7) is 0. The first kappa shape index (κ1) is 9.59. The molecule has 1 aliphatic rings. The molecule has 0 heterocycles. The van der Waals surface area contributed by atoms with E-state index in [-0.39, 0.29) is 0 Å². The van der Waals surface area contributed by atoms with Crippen molar-refractivity contribution in [1.29, 1.82) is 0 Å². The van der Waals surface area contributed by atoms with Crippen LogP contribution < -0.4 is 0 Å². The second-order valence-electron chi connectivity index (χ2n) is 2.96. The Labute approximate surface area is 77.5 Å². The maximum atomic E-state index is 10.4. The van der Waals surface area contributed by atoms with Gasteiger partial charge in [-0.3, -0.25) is 0 Å². The molecule has 2 nitrogen and oxygen atoms in total. The number of allylic oxidation sites excluding steroid dienone is 2. The van der Waals surface area contributed by atoms with E-state index in [2.05, 4.69) is 0 Å². The minimum atomic E-state index is -0.721. The van der Waals surface area contributed by atoms with Crippen LogP contribution in [0.25, 0.3) is 0 Å². The Morgan fingerprint density at radius 2 is 2.08 bits per heavy atom. The molecule has 0 aromatic rings. The van der Waals surface area contributed by atoms with E-state index in [1.807, 2.05) is 6.08 Å². The van der Waals surface area contributed by atoms with Gasteiger partial charge < -0.3 is 4.74 Å². The molecule has 0 aromatic carbocycles. The van der Waals surface area contributed by atoms with Gasteiger partial charge in [-0.05, 0) is 25.3 Å². The van der Waals surface area contributed by atoms with Crippen LogP contribution in [0.2, 0.25) is 0 Å². The maximum absolute atomic E-state index is 10.4. The zero-order chi connectivity index (χ0) is 8.81. The topological polar surface area (TPSA) is 26.3 Å². The summed E-state index contributed by atoms with van der Waals surface area (Å²) < 4.78 is 4.81. The van der Waals surface area contributed by atoms with Gasteiger partial charge >= 0.3 is 5.43 Å². The zero-order valence-electron chi connectivity index (χ0n) is 7.01. The average molecular weight is 189 g/mol. The molecule has 0 saturated carbocycles. The van der Waals surface area contributed by atoms with Crippen molar-refractivity contribution in [1.82, 2.24) is 0 Å². The summed E-state index contributed by atoms with van der Waals surface area (Å²) in [5.74, 6) is 0.745. The number of carbonyl (C=O) groups is 1. The molecule has 68 valence electrons. The second kappa shape index (κ2) is 5.20. The van der Waals surface area contributed by atoms with Crippen LogP contribution in [-0.2, 0) is 4.74 Å².